The predicted octanol–water partition coefficient (Wildman–Crippen LogP) is 2.61. The summed E-state index contributed by atoms with van der Waals surface area (Å²) >= 11 is 0. The number of aryl methyl sites for hydroxylation is 1. The lowest BCUT2D eigenvalue weighted by molar-refractivity contribution is 0.281. The first-order valence-corrected chi connectivity index (χ1v) is 5.93. The molecule has 0 aliphatic carbocycles. The lowest BCUT2D eigenvalue weighted by Gasteiger charge is -2.25. The van der Waals surface area contributed by atoms with E-state index in [1.54, 1.807) is 19.9 Å². The summed E-state index contributed by atoms with van der Waals surface area (Å²) in [5.74, 6) is 0.867. The maximum atomic E-state index is 11.8. The molecule has 2 aromatic rings. The predicted molar refractivity (Wildman–Crippen MR) is 67.5 cm³/mol. The number of phenols is 1. The van der Waals surface area contributed by atoms with Crippen LogP contribution in [0.5, 0.6) is 11.5 Å². The van der Waals surface area contributed by atoms with E-state index in [-0.39, 0.29) is 17.3 Å². The van der Waals surface area contributed by atoms with Gasteiger partial charge >= 0.3 is 5.63 Å². The summed E-state index contributed by atoms with van der Waals surface area (Å²) in [6.45, 7) is 5.93. The van der Waals surface area contributed by atoms with Gasteiger partial charge in [-0.1, -0.05) is 6.92 Å². The van der Waals surface area contributed by atoms with Crippen molar-refractivity contribution in [2.24, 2.45) is 0 Å². The lowest BCUT2D eigenvalue weighted by atomic mass is 9.91. The van der Waals surface area contributed by atoms with E-state index in [9.17, 15) is 9.90 Å². The van der Waals surface area contributed by atoms with E-state index in [1.165, 1.54) is 0 Å². The standard InChI is InChI=1S/C14H14O4/c1-6-4-9(15)10-7(2)5-17-13-8(3)14(16)18-12(6)11(10)13/h4,7,15H,5H2,1-3H3. The number of benzene rings is 1. The number of hydrogen-bond donors (Lipinski definition) is 1. The molecule has 1 aliphatic heterocycles. The van der Waals surface area contributed by atoms with E-state index in [0.717, 1.165) is 16.5 Å². The molecule has 1 aromatic carbocycles. The third-order valence-corrected chi connectivity index (χ3v) is 3.52. The molecular weight excluding hydrogens is 232 g/mol. The maximum absolute atomic E-state index is 11.8. The van der Waals surface area contributed by atoms with Gasteiger partial charge in [-0.15, -0.1) is 0 Å². The number of aromatic hydroxyl groups is 1. The Hall–Kier alpha value is -1.97. The van der Waals surface area contributed by atoms with Crippen molar-refractivity contribution in [3.8, 4) is 11.5 Å². The van der Waals surface area contributed by atoms with Gasteiger partial charge in [-0.3, -0.25) is 0 Å². The van der Waals surface area contributed by atoms with Crippen molar-refractivity contribution in [1.82, 2.24) is 0 Å². The van der Waals surface area contributed by atoms with Gasteiger partial charge in [-0.05, 0) is 25.5 Å². The van der Waals surface area contributed by atoms with Gasteiger partial charge in [0, 0.05) is 11.5 Å². The van der Waals surface area contributed by atoms with E-state index >= 15 is 0 Å². The van der Waals surface area contributed by atoms with Gasteiger partial charge < -0.3 is 14.3 Å². The third-order valence-electron chi connectivity index (χ3n) is 3.52. The molecule has 1 atom stereocenters. The smallest absolute Gasteiger partial charge is 0.342 e. The zero-order chi connectivity index (χ0) is 13.0. The quantitative estimate of drug-likeness (QED) is 0.726. The maximum Gasteiger partial charge on any atom is 0.342 e. The highest BCUT2D eigenvalue weighted by Crippen LogP contribution is 2.43. The molecule has 94 valence electrons. The van der Waals surface area contributed by atoms with Gasteiger partial charge in [0.25, 0.3) is 0 Å². The fraction of sp³-hybridized carbons (Fsp3) is 0.357. The minimum Gasteiger partial charge on any atom is -0.508 e. The molecule has 4 heteroatoms. The van der Waals surface area contributed by atoms with E-state index in [0.29, 0.717) is 23.5 Å². The van der Waals surface area contributed by atoms with Gasteiger partial charge in [-0.25, -0.2) is 4.79 Å². The van der Waals surface area contributed by atoms with Crippen LogP contribution in [0, 0.1) is 13.8 Å². The average molecular weight is 246 g/mol. The Bertz CT molecular complexity index is 712. The van der Waals surface area contributed by atoms with Crippen molar-refractivity contribution < 1.29 is 14.3 Å². The zero-order valence-electron chi connectivity index (χ0n) is 10.5. The molecule has 1 aromatic heterocycles. The fourth-order valence-electron chi connectivity index (χ4n) is 2.57. The molecule has 1 N–H and O–H groups in total. The van der Waals surface area contributed by atoms with Crippen LogP contribution in [0.25, 0.3) is 11.0 Å². The summed E-state index contributed by atoms with van der Waals surface area (Å²) in [6, 6.07) is 1.64. The highest BCUT2D eigenvalue weighted by atomic mass is 16.5. The summed E-state index contributed by atoms with van der Waals surface area (Å²) in [7, 11) is 0. The van der Waals surface area contributed by atoms with Gasteiger partial charge in [0.05, 0.1) is 17.6 Å². The summed E-state index contributed by atoms with van der Waals surface area (Å²) in [5, 5.41) is 10.8. The molecule has 0 saturated carbocycles. The monoisotopic (exact) mass is 246 g/mol. The van der Waals surface area contributed by atoms with E-state index in [1.807, 2.05) is 6.92 Å². The Kier molecular flexibility index (Phi) is 2.17. The number of phenolic OH excluding ortho intramolecular Hbond substituents is 1. The molecule has 1 aliphatic rings. The second kappa shape index (κ2) is 3.51. The average Bonchev–Trinajstić information content (AvgIpc) is 2.31. The van der Waals surface area contributed by atoms with Crippen molar-refractivity contribution in [3.05, 3.63) is 33.2 Å². The normalized spacial score (nSPS) is 17.8. The fourth-order valence-corrected chi connectivity index (χ4v) is 2.57. The Morgan fingerprint density at radius 2 is 2.11 bits per heavy atom. The van der Waals surface area contributed by atoms with Crippen LogP contribution < -0.4 is 10.4 Å². The first-order chi connectivity index (χ1) is 8.50. The van der Waals surface area contributed by atoms with Crippen LogP contribution in [-0.2, 0) is 0 Å². The van der Waals surface area contributed by atoms with E-state index < -0.39 is 0 Å². The molecule has 0 fully saturated rings. The van der Waals surface area contributed by atoms with Gasteiger partial charge in [-0.2, -0.15) is 0 Å². The van der Waals surface area contributed by atoms with Crippen molar-refractivity contribution >= 4 is 11.0 Å². The minimum absolute atomic E-state index is 0.0766. The van der Waals surface area contributed by atoms with Gasteiger partial charge in [0.2, 0.25) is 0 Å². The SMILES string of the molecule is Cc1c2c3c(c(O)cc(C)c3oc1=O)C(C)CO2. The summed E-state index contributed by atoms with van der Waals surface area (Å²) < 4.78 is 11.0. The van der Waals surface area contributed by atoms with Crippen LogP contribution in [0.3, 0.4) is 0 Å². The third kappa shape index (κ3) is 1.29. The van der Waals surface area contributed by atoms with E-state index in [4.69, 9.17) is 9.15 Å². The zero-order valence-corrected chi connectivity index (χ0v) is 10.5. The molecule has 0 bridgehead atoms. The minimum atomic E-state index is -0.383. The first-order valence-electron chi connectivity index (χ1n) is 5.93. The molecule has 3 rings (SSSR count). The molecule has 0 spiro atoms. The van der Waals surface area contributed by atoms with Crippen molar-refractivity contribution in [2.45, 2.75) is 26.7 Å². The van der Waals surface area contributed by atoms with Crippen LogP contribution in [0.2, 0.25) is 0 Å². The largest absolute Gasteiger partial charge is 0.508 e. The molecule has 0 amide bonds. The molecule has 0 radical (unpaired) electrons. The van der Waals surface area contributed by atoms with Crippen molar-refractivity contribution in [1.29, 1.82) is 0 Å². The van der Waals surface area contributed by atoms with Crippen molar-refractivity contribution in [3.63, 3.8) is 0 Å². The number of ether oxygens (including phenoxy) is 1. The molecule has 18 heavy (non-hydrogen) atoms. The Morgan fingerprint density at radius 3 is 2.83 bits per heavy atom. The molecule has 0 saturated heterocycles. The lowest BCUT2D eigenvalue weighted by Crippen LogP contribution is -2.18. The molecule has 1 unspecified atom stereocenters. The Balaban J connectivity index is 2.61. The van der Waals surface area contributed by atoms with Crippen LogP contribution in [0.1, 0.15) is 29.5 Å². The summed E-state index contributed by atoms with van der Waals surface area (Å²) in [5.41, 5.74) is 2.14. The molecule has 4 nitrogen and oxygen atoms in total. The highest BCUT2D eigenvalue weighted by Gasteiger charge is 2.27. The topological polar surface area (TPSA) is 59.7 Å². The Labute approximate surface area is 104 Å². The van der Waals surface area contributed by atoms with Crippen molar-refractivity contribution in [2.75, 3.05) is 6.61 Å². The number of rotatable bonds is 0. The Morgan fingerprint density at radius 1 is 1.39 bits per heavy atom. The second-order valence-corrected chi connectivity index (χ2v) is 4.89. The molecular formula is C14H14O4. The van der Waals surface area contributed by atoms with Gasteiger partial charge in [0.1, 0.15) is 17.1 Å². The highest BCUT2D eigenvalue weighted by molar-refractivity contribution is 5.93. The van der Waals surface area contributed by atoms with Crippen LogP contribution in [0.15, 0.2) is 15.3 Å². The van der Waals surface area contributed by atoms with Crippen LogP contribution >= 0.6 is 0 Å². The summed E-state index contributed by atoms with van der Waals surface area (Å²) in [6.07, 6.45) is 0. The number of hydrogen-bond acceptors (Lipinski definition) is 4. The van der Waals surface area contributed by atoms with Gasteiger partial charge in [0.15, 0.2) is 0 Å². The van der Waals surface area contributed by atoms with Crippen LogP contribution in [0.4, 0.5) is 0 Å². The summed E-state index contributed by atoms with van der Waals surface area (Å²) in [4.78, 5) is 11.8. The first kappa shape index (κ1) is 11.1. The van der Waals surface area contributed by atoms with Crippen LogP contribution in [-0.4, -0.2) is 11.7 Å². The second-order valence-electron chi connectivity index (χ2n) is 4.89. The van der Waals surface area contributed by atoms with E-state index in [2.05, 4.69) is 0 Å². The molecule has 2 heterocycles.